The number of thiazole rings is 1. The molecule has 2 amide bonds. The smallest absolute Gasteiger partial charge is 0.230 e. The number of benzene rings is 1. The Labute approximate surface area is 164 Å². The Balaban J connectivity index is 1.78. The van der Waals surface area contributed by atoms with E-state index in [-0.39, 0.29) is 17.7 Å². The molecular formula is C20H27N4O2S+. The van der Waals surface area contributed by atoms with Gasteiger partial charge in [-0.3, -0.25) is 14.5 Å². The number of primary amides is 1. The molecule has 0 bridgehead atoms. The lowest BCUT2D eigenvalue weighted by Gasteiger charge is -2.27. The highest BCUT2D eigenvalue weighted by molar-refractivity contribution is 7.14. The van der Waals surface area contributed by atoms with Gasteiger partial charge in [0, 0.05) is 12.3 Å². The zero-order valence-corrected chi connectivity index (χ0v) is 16.9. The summed E-state index contributed by atoms with van der Waals surface area (Å²) in [7, 11) is 0. The van der Waals surface area contributed by atoms with Gasteiger partial charge in [-0.15, -0.1) is 11.3 Å². The molecule has 1 aliphatic rings. The zero-order chi connectivity index (χ0) is 19.6. The lowest BCUT2D eigenvalue weighted by molar-refractivity contribution is -0.921. The molecule has 0 spiro atoms. The molecule has 2 aromatic rings. The number of hydrogen-bond acceptors (Lipinski definition) is 4. The van der Waals surface area contributed by atoms with Gasteiger partial charge in [0.1, 0.15) is 12.2 Å². The second-order valence-electron chi connectivity index (χ2n) is 7.39. The highest BCUT2D eigenvalue weighted by Crippen LogP contribution is 2.31. The predicted octanol–water partition coefficient (Wildman–Crippen LogP) is 1.72. The number of hydrogen-bond donors (Lipinski definition) is 2. The van der Waals surface area contributed by atoms with Gasteiger partial charge in [0.2, 0.25) is 11.8 Å². The van der Waals surface area contributed by atoms with Crippen LogP contribution in [0.1, 0.15) is 36.6 Å². The molecule has 7 heteroatoms. The van der Waals surface area contributed by atoms with Gasteiger partial charge in [-0.25, -0.2) is 4.98 Å². The van der Waals surface area contributed by atoms with Crippen molar-refractivity contribution in [1.29, 1.82) is 0 Å². The summed E-state index contributed by atoms with van der Waals surface area (Å²) < 4.78 is 0. The molecular weight excluding hydrogens is 360 g/mol. The van der Waals surface area contributed by atoms with Crippen LogP contribution in [0.3, 0.4) is 0 Å². The lowest BCUT2D eigenvalue weighted by Crippen LogP contribution is -3.12. The Morgan fingerprint density at radius 1 is 1.37 bits per heavy atom. The van der Waals surface area contributed by atoms with Gasteiger partial charge >= 0.3 is 0 Å². The van der Waals surface area contributed by atoms with Crippen LogP contribution in [-0.4, -0.2) is 29.9 Å². The van der Waals surface area contributed by atoms with Gasteiger partial charge in [-0.1, -0.05) is 17.7 Å². The quantitative estimate of drug-likeness (QED) is 0.820. The van der Waals surface area contributed by atoms with Crippen molar-refractivity contribution < 1.29 is 14.5 Å². The molecule has 0 radical (unpaired) electrons. The SMILES string of the molecule is CC(=O)N(c1nc(C[NH+]2CCC[C@@H](C(N)=O)C2)cs1)c1ccc(C)cc1C. The van der Waals surface area contributed by atoms with E-state index in [4.69, 9.17) is 10.7 Å². The van der Waals surface area contributed by atoms with Gasteiger partial charge in [0.05, 0.1) is 24.7 Å². The van der Waals surface area contributed by atoms with Crippen molar-refractivity contribution in [2.24, 2.45) is 11.7 Å². The molecule has 1 aromatic heterocycles. The number of nitrogens with zero attached hydrogens (tertiary/aromatic N) is 2. The van der Waals surface area contributed by atoms with Crippen LogP contribution in [0.5, 0.6) is 0 Å². The van der Waals surface area contributed by atoms with Crippen LogP contribution >= 0.6 is 11.3 Å². The Morgan fingerprint density at radius 3 is 2.81 bits per heavy atom. The highest BCUT2D eigenvalue weighted by Gasteiger charge is 2.28. The second kappa shape index (κ2) is 8.19. The molecule has 1 saturated heterocycles. The lowest BCUT2D eigenvalue weighted by atomic mass is 9.97. The largest absolute Gasteiger partial charge is 0.369 e. The first-order chi connectivity index (χ1) is 12.8. The van der Waals surface area contributed by atoms with Crippen LogP contribution in [0.25, 0.3) is 0 Å². The van der Waals surface area contributed by atoms with Crippen LogP contribution in [0.15, 0.2) is 23.6 Å². The van der Waals surface area contributed by atoms with Crippen molar-refractivity contribution in [3.05, 3.63) is 40.4 Å². The normalized spacial score (nSPS) is 19.7. The third-order valence-electron chi connectivity index (χ3n) is 5.09. The Hall–Kier alpha value is -2.25. The molecule has 1 unspecified atom stereocenters. The number of nitrogens with two attached hydrogens (primary N) is 1. The molecule has 1 fully saturated rings. The third kappa shape index (κ3) is 4.54. The Morgan fingerprint density at radius 2 is 2.15 bits per heavy atom. The average Bonchev–Trinajstić information content (AvgIpc) is 3.05. The Bertz CT molecular complexity index is 848. The fraction of sp³-hybridized carbons (Fsp3) is 0.450. The molecule has 144 valence electrons. The fourth-order valence-corrected chi connectivity index (χ4v) is 4.63. The molecule has 1 aromatic carbocycles. The van der Waals surface area contributed by atoms with E-state index in [1.165, 1.54) is 16.2 Å². The molecule has 1 aliphatic heterocycles. The first kappa shape index (κ1) is 19.5. The van der Waals surface area contributed by atoms with E-state index >= 15 is 0 Å². The van der Waals surface area contributed by atoms with Crippen LogP contribution in [-0.2, 0) is 16.1 Å². The van der Waals surface area contributed by atoms with Crippen molar-refractivity contribution in [2.75, 3.05) is 18.0 Å². The van der Waals surface area contributed by atoms with Gasteiger partial charge in [0.25, 0.3) is 0 Å². The van der Waals surface area contributed by atoms with E-state index in [2.05, 4.69) is 6.07 Å². The Kier molecular flexibility index (Phi) is 5.92. The van der Waals surface area contributed by atoms with Crippen LogP contribution in [0.4, 0.5) is 10.8 Å². The second-order valence-corrected chi connectivity index (χ2v) is 8.22. The van der Waals surface area contributed by atoms with E-state index in [0.717, 1.165) is 55.0 Å². The van der Waals surface area contributed by atoms with E-state index in [9.17, 15) is 9.59 Å². The van der Waals surface area contributed by atoms with Gasteiger partial charge in [-0.05, 0) is 38.3 Å². The number of piperidine rings is 1. The van der Waals surface area contributed by atoms with Gasteiger partial charge in [0.15, 0.2) is 5.13 Å². The predicted molar refractivity (Wildman–Crippen MR) is 107 cm³/mol. The molecule has 2 atom stereocenters. The molecule has 2 heterocycles. The summed E-state index contributed by atoms with van der Waals surface area (Å²) in [5.41, 5.74) is 9.51. The van der Waals surface area contributed by atoms with Crippen LogP contribution in [0.2, 0.25) is 0 Å². The molecule has 3 N–H and O–H groups in total. The summed E-state index contributed by atoms with van der Waals surface area (Å²) in [4.78, 5) is 31.5. The van der Waals surface area contributed by atoms with Crippen molar-refractivity contribution in [3.63, 3.8) is 0 Å². The number of amides is 2. The van der Waals surface area contributed by atoms with Crippen LogP contribution < -0.4 is 15.5 Å². The molecule has 0 saturated carbocycles. The molecule has 27 heavy (non-hydrogen) atoms. The number of aromatic nitrogens is 1. The minimum Gasteiger partial charge on any atom is -0.369 e. The maximum atomic E-state index is 12.3. The van der Waals surface area contributed by atoms with Gasteiger partial charge < -0.3 is 10.6 Å². The van der Waals surface area contributed by atoms with Crippen molar-refractivity contribution in [2.45, 2.75) is 40.2 Å². The summed E-state index contributed by atoms with van der Waals surface area (Å²) in [5.74, 6) is -0.304. The van der Waals surface area contributed by atoms with Crippen molar-refractivity contribution >= 4 is 34.0 Å². The topological polar surface area (TPSA) is 80.7 Å². The minimum absolute atomic E-state index is 0.0456. The van der Waals surface area contributed by atoms with Gasteiger partial charge in [-0.2, -0.15) is 0 Å². The van der Waals surface area contributed by atoms with E-state index in [0.29, 0.717) is 5.13 Å². The van der Waals surface area contributed by atoms with Crippen LogP contribution in [0, 0.1) is 19.8 Å². The maximum Gasteiger partial charge on any atom is 0.230 e. The molecule has 6 nitrogen and oxygen atoms in total. The number of quaternary nitrogens is 1. The number of aryl methyl sites for hydroxylation is 2. The summed E-state index contributed by atoms with van der Waals surface area (Å²) >= 11 is 1.48. The number of rotatable bonds is 5. The van der Waals surface area contributed by atoms with Crippen molar-refractivity contribution in [1.82, 2.24) is 4.98 Å². The standard InChI is InChI=1S/C20H26N4O2S/c1-13-6-7-18(14(2)9-13)24(15(3)25)20-22-17(12-27-20)11-23-8-4-5-16(10-23)19(21)26/h6-7,9,12,16H,4-5,8,10-11H2,1-3H3,(H2,21,26)/p+1/t16-/m1/s1. The summed E-state index contributed by atoms with van der Waals surface area (Å²) in [6.07, 6.45) is 1.88. The van der Waals surface area contributed by atoms with E-state index < -0.39 is 0 Å². The number of carbonyl (C=O) groups is 2. The summed E-state index contributed by atoms with van der Waals surface area (Å²) in [6.45, 7) is 8.14. The van der Waals surface area contributed by atoms with E-state index in [1.54, 1.807) is 11.8 Å². The molecule has 3 rings (SSSR count). The maximum absolute atomic E-state index is 12.3. The zero-order valence-electron chi connectivity index (χ0n) is 16.1. The summed E-state index contributed by atoms with van der Waals surface area (Å²) in [6, 6.07) is 6.05. The monoisotopic (exact) mass is 387 g/mol. The number of anilines is 2. The third-order valence-corrected chi connectivity index (χ3v) is 5.97. The fourth-order valence-electron chi connectivity index (χ4n) is 3.75. The highest BCUT2D eigenvalue weighted by atomic mass is 32.1. The first-order valence-electron chi connectivity index (χ1n) is 9.30. The first-order valence-corrected chi connectivity index (χ1v) is 10.2. The molecule has 0 aliphatic carbocycles. The summed E-state index contributed by atoms with van der Waals surface area (Å²) in [5, 5.41) is 2.70. The number of carbonyl (C=O) groups excluding carboxylic acids is 2. The number of likely N-dealkylation sites (tertiary alicyclic amines) is 1. The minimum atomic E-state index is -0.205. The van der Waals surface area contributed by atoms with E-state index in [1.807, 2.05) is 31.4 Å². The van der Waals surface area contributed by atoms with Crippen molar-refractivity contribution in [3.8, 4) is 0 Å². The number of nitrogens with one attached hydrogen (secondary N) is 1. The average molecular weight is 388 g/mol.